The lowest BCUT2D eigenvalue weighted by Gasteiger charge is -2.27. The van der Waals surface area contributed by atoms with Crippen LogP contribution in [0, 0.1) is 0 Å². The van der Waals surface area contributed by atoms with Crippen LogP contribution >= 0.6 is 0 Å². The molecule has 98 valence electrons. The van der Waals surface area contributed by atoms with Gasteiger partial charge in [-0.15, -0.1) is 0 Å². The summed E-state index contributed by atoms with van der Waals surface area (Å²) in [6.45, 7) is 2.26. The van der Waals surface area contributed by atoms with Crippen molar-refractivity contribution in [2.24, 2.45) is 0 Å². The van der Waals surface area contributed by atoms with Gasteiger partial charge in [-0.05, 0) is 24.3 Å². The van der Waals surface area contributed by atoms with Crippen LogP contribution < -0.4 is 15.0 Å². The number of quaternary nitrogens is 1. The lowest BCUT2D eigenvalue weighted by molar-refractivity contribution is -0.884. The van der Waals surface area contributed by atoms with Gasteiger partial charge >= 0.3 is 0 Å². The number of methoxy groups -OCH3 is 1. The first-order chi connectivity index (χ1) is 8.69. The molecule has 18 heavy (non-hydrogen) atoms. The lowest BCUT2D eigenvalue weighted by atomic mass is 10.0. The third-order valence-electron chi connectivity index (χ3n) is 3.53. The summed E-state index contributed by atoms with van der Waals surface area (Å²) >= 11 is 0. The average Bonchev–Trinajstić information content (AvgIpc) is 2.41. The smallest absolute Gasteiger partial charge is 0.251 e. The van der Waals surface area contributed by atoms with Crippen molar-refractivity contribution in [3.05, 3.63) is 29.8 Å². The van der Waals surface area contributed by atoms with Gasteiger partial charge in [-0.2, -0.15) is 0 Å². The summed E-state index contributed by atoms with van der Waals surface area (Å²) in [4.78, 5) is 13.6. The van der Waals surface area contributed by atoms with E-state index in [1.165, 1.54) is 0 Å². The second-order valence-corrected chi connectivity index (χ2v) is 4.93. The Bertz CT molecular complexity index is 395. The maximum atomic E-state index is 12.0. The van der Waals surface area contributed by atoms with Gasteiger partial charge in [0.1, 0.15) is 5.75 Å². The Kier molecular flexibility index (Phi) is 4.20. The van der Waals surface area contributed by atoms with Crippen LogP contribution in [0.25, 0.3) is 0 Å². The summed E-state index contributed by atoms with van der Waals surface area (Å²) in [6.07, 6.45) is 2.13. The molecule has 0 radical (unpaired) electrons. The van der Waals surface area contributed by atoms with E-state index in [2.05, 4.69) is 12.4 Å². The van der Waals surface area contributed by atoms with Crippen molar-refractivity contribution in [1.29, 1.82) is 0 Å². The van der Waals surface area contributed by atoms with Gasteiger partial charge in [-0.3, -0.25) is 4.79 Å². The number of carbonyl (C=O) groups is 1. The fourth-order valence-corrected chi connectivity index (χ4v) is 2.27. The number of benzene rings is 1. The Morgan fingerprint density at radius 2 is 1.89 bits per heavy atom. The lowest BCUT2D eigenvalue weighted by Crippen LogP contribution is -3.10. The zero-order chi connectivity index (χ0) is 13.0. The Labute approximate surface area is 108 Å². The molecule has 0 saturated carbocycles. The number of ether oxygens (including phenoxy) is 1. The quantitative estimate of drug-likeness (QED) is 0.798. The van der Waals surface area contributed by atoms with Gasteiger partial charge in [0.15, 0.2) is 0 Å². The molecule has 2 rings (SSSR count). The highest BCUT2D eigenvalue weighted by atomic mass is 16.5. The number of likely N-dealkylation sites (tertiary alicyclic amines) is 1. The monoisotopic (exact) mass is 249 g/mol. The third-order valence-corrected chi connectivity index (χ3v) is 3.53. The predicted molar refractivity (Wildman–Crippen MR) is 70.1 cm³/mol. The van der Waals surface area contributed by atoms with Crippen molar-refractivity contribution >= 4 is 5.91 Å². The number of hydrogen-bond donors (Lipinski definition) is 2. The second kappa shape index (κ2) is 5.87. The minimum Gasteiger partial charge on any atom is -0.497 e. The van der Waals surface area contributed by atoms with Gasteiger partial charge in [0.05, 0.1) is 27.2 Å². The van der Waals surface area contributed by atoms with E-state index in [4.69, 9.17) is 4.74 Å². The van der Waals surface area contributed by atoms with E-state index in [1.807, 2.05) is 12.1 Å². The summed E-state index contributed by atoms with van der Waals surface area (Å²) in [7, 11) is 3.82. The molecule has 1 aromatic rings. The SMILES string of the molecule is COc1ccc(C(=O)NC2CC[NH+](C)CC2)cc1. The normalized spacial score (nSPS) is 23.4. The van der Waals surface area contributed by atoms with Gasteiger partial charge in [0.2, 0.25) is 0 Å². The minimum atomic E-state index is 0.0159. The van der Waals surface area contributed by atoms with E-state index in [9.17, 15) is 4.79 Å². The molecule has 0 atom stereocenters. The molecule has 0 aliphatic carbocycles. The van der Waals surface area contributed by atoms with E-state index < -0.39 is 0 Å². The highest BCUT2D eigenvalue weighted by Crippen LogP contribution is 2.11. The maximum Gasteiger partial charge on any atom is 0.251 e. The van der Waals surface area contributed by atoms with E-state index >= 15 is 0 Å². The van der Waals surface area contributed by atoms with Gasteiger partial charge < -0.3 is 15.0 Å². The molecule has 4 heteroatoms. The molecule has 1 aliphatic rings. The standard InChI is InChI=1S/C14H20N2O2/c1-16-9-7-12(8-10-16)15-14(17)11-3-5-13(18-2)6-4-11/h3-6,12H,7-10H2,1-2H3,(H,15,17)/p+1. The molecule has 4 nitrogen and oxygen atoms in total. The molecular formula is C14H21N2O2+. The molecule has 1 heterocycles. The molecule has 0 bridgehead atoms. The van der Waals surface area contributed by atoms with E-state index in [0.717, 1.165) is 31.7 Å². The minimum absolute atomic E-state index is 0.0159. The van der Waals surface area contributed by atoms with Gasteiger partial charge in [0.25, 0.3) is 5.91 Å². The van der Waals surface area contributed by atoms with Crippen LogP contribution in [0.1, 0.15) is 23.2 Å². The molecule has 1 fully saturated rings. The number of amides is 1. The number of rotatable bonds is 3. The third kappa shape index (κ3) is 3.23. The largest absolute Gasteiger partial charge is 0.497 e. The molecule has 2 N–H and O–H groups in total. The molecule has 1 aromatic carbocycles. The highest BCUT2D eigenvalue weighted by molar-refractivity contribution is 5.94. The predicted octanol–water partition coefficient (Wildman–Crippen LogP) is 0.102. The summed E-state index contributed by atoms with van der Waals surface area (Å²) in [5.74, 6) is 0.789. The first-order valence-corrected chi connectivity index (χ1v) is 6.45. The van der Waals surface area contributed by atoms with Gasteiger partial charge in [0, 0.05) is 24.4 Å². The number of hydrogen-bond acceptors (Lipinski definition) is 2. The van der Waals surface area contributed by atoms with Crippen LogP contribution in [0.4, 0.5) is 0 Å². The highest BCUT2D eigenvalue weighted by Gasteiger charge is 2.21. The van der Waals surface area contributed by atoms with Crippen molar-refractivity contribution in [2.75, 3.05) is 27.2 Å². The molecule has 0 aromatic heterocycles. The fourth-order valence-electron chi connectivity index (χ4n) is 2.27. The van der Waals surface area contributed by atoms with Crippen molar-refractivity contribution in [1.82, 2.24) is 5.32 Å². The summed E-state index contributed by atoms with van der Waals surface area (Å²) in [5, 5.41) is 3.10. The Morgan fingerprint density at radius 3 is 2.44 bits per heavy atom. The first-order valence-electron chi connectivity index (χ1n) is 6.45. The van der Waals surface area contributed by atoms with Gasteiger partial charge in [-0.25, -0.2) is 0 Å². The first kappa shape index (κ1) is 12.9. The van der Waals surface area contributed by atoms with Crippen molar-refractivity contribution in [3.8, 4) is 5.75 Å². The average molecular weight is 249 g/mol. The molecule has 1 aliphatic heterocycles. The summed E-state index contributed by atoms with van der Waals surface area (Å²) in [6, 6.07) is 7.55. The molecule has 1 amide bonds. The Balaban J connectivity index is 1.90. The van der Waals surface area contributed by atoms with Crippen LogP contribution in [-0.2, 0) is 0 Å². The molecule has 0 spiro atoms. The van der Waals surface area contributed by atoms with E-state index in [0.29, 0.717) is 11.6 Å². The van der Waals surface area contributed by atoms with Crippen LogP contribution in [0.15, 0.2) is 24.3 Å². The van der Waals surface area contributed by atoms with E-state index in [1.54, 1.807) is 24.1 Å². The summed E-state index contributed by atoms with van der Waals surface area (Å²) < 4.78 is 5.08. The van der Waals surface area contributed by atoms with Crippen molar-refractivity contribution in [3.63, 3.8) is 0 Å². The van der Waals surface area contributed by atoms with Crippen LogP contribution in [-0.4, -0.2) is 39.2 Å². The number of carbonyl (C=O) groups excluding carboxylic acids is 1. The van der Waals surface area contributed by atoms with Crippen LogP contribution in [0.3, 0.4) is 0 Å². The zero-order valence-electron chi connectivity index (χ0n) is 11.0. The van der Waals surface area contributed by atoms with Crippen LogP contribution in [0.2, 0.25) is 0 Å². The zero-order valence-corrected chi connectivity index (χ0v) is 11.0. The number of nitrogens with one attached hydrogen (secondary N) is 2. The summed E-state index contributed by atoms with van der Waals surface area (Å²) in [5.41, 5.74) is 0.696. The topological polar surface area (TPSA) is 42.8 Å². The Hall–Kier alpha value is -1.55. The van der Waals surface area contributed by atoms with Crippen molar-refractivity contribution < 1.29 is 14.4 Å². The maximum absolute atomic E-state index is 12.0. The van der Waals surface area contributed by atoms with Gasteiger partial charge in [-0.1, -0.05) is 0 Å². The molecule has 0 unspecified atom stereocenters. The second-order valence-electron chi connectivity index (χ2n) is 4.93. The fraction of sp³-hybridized carbons (Fsp3) is 0.500. The number of piperidine rings is 1. The molecular weight excluding hydrogens is 228 g/mol. The molecule has 1 saturated heterocycles. The van der Waals surface area contributed by atoms with E-state index in [-0.39, 0.29) is 5.91 Å². The Morgan fingerprint density at radius 1 is 1.28 bits per heavy atom. The van der Waals surface area contributed by atoms with Crippen LogP contribution in [0.5, 0.6) is 5.75 Å². The van der Waals surface area contributed by atoms with Crippen molar-refractivity contribution in [2.45, 2.75) is 18.9 Å².